The second-order valence-corrected chi connectivity index (χ2v) is 9.13. The SMILES string of the molecule is Cc1ccc(C#N)cc1S(=O)(=O)NC1CCS(=O)(=O)CC1. The number of benzene rings is 1. The third-order valence-electron chi connectivity index (χ3n) is 3.48. The predicted molar refractivity (Wildman–Crippen MR) is 77.9 cm³/mol. The van der Waals surface area contributed by atoms with Crippen molar-refractivity contribution >= 4 is 19.9 Å². The maximum Gasteiger partial charge on any atom is 0.241 e. The van der Waals surface area contributed by atoms with Crippen LogP contribution in [0, 0.1) is 18.3 Å². The van der Waals surface area contributed by atoms with Gasteiger partial charge in [-0.25, -0.2) is 21.6 Å². The number of aryl methyl sites for hydroxylation is 1. The molecule has 1 aliphatic heterocycles. The van der Waals surface area contributed by atoms with Crippen LogP contribution in [-0.2, 0) is 19.9 Å². The number of nitrogens with one attached hydrogen (secondary N) is 1. The summed E-state index contributed by atoms with van der Waals surface area (Å²) in [6.07, 6.45) is 0.553. The zero-order chi connectivity index (χ0) is 15.7. The van der Waals surface area contributed by atoms with E-state index in [1.807, 2.05) is 6.07 Å². The summed E-state index contributed by atoms with van der Waals surface area (Å²) in [6.45, 7) is 1.65. The molecule has 1 N–H and O–H groups in total. The molecule has 0 saturated carbocycles. The molecular weight excluding hydrogens is 312 g/mol. The van der Waals surface area contributed by atoms with Gasteiger partial charge in [0.15, 0.2) is 0 Å². The van der Waals surface area contributed by atoms with E-state index >= 15 is 0 Å². The van der Waals surface area contributed by atoms with Crippen LogP contribution in [-0.4, -0.2) is 34.4 Å². The molecule has 1 saturated heterocycles. The Kier molecular flexibility index (Phi) is 4.37. The Balaban J connectivity index is 2.22. The van der Waals surface area contributed by atoms with Crippen LogP contribution < -0.4 is 4.72 Å². The summed E-state index contributed by atoms with van der Waals surface area (Å²) in [7, 11) is -6.79. The fourth-order valence-electron chi connectivity index (χ4n) is 2.25. The summed E-state index contributed by atoms with van der Waals surface area (Å²) >= 11 is 0. The number of nitrogens with zero attached hydrogens (tertiary/aromatic N) is 1. The minimum atomic E-state index is -3.76. The number of rotatable bonds is 3. The first-order valence-electron chi connectivity index (χ1n) is 6.47. The average molecular weight is 328 g/mol. The van der Waals surface area contributed by atoms with Crippen LogP contribution in [0.15, 0.2) is 23.1 Å². The number of sulfone groups is 1. The first-order valence-corrected chi connectivity index (χ1v) is 9.77. The molecule has 1 aromatic carbocycles. The predicted octanol–water partition coefficient (Wildman–Crippen LogP) is 0.722. The summed E-state index contributed by atoms with van der Waals surface area (Å²) < 4.78 is 50.0. The molecule has 1 aromatic rings. The van der Waals surface area contributed by atoms with E-state index in [9.17, 15) is 16.8 Å². The number of sulfonamides is 1. The third kappa shape index (κ3) is 3.81. The van der Waals surface area contributed by atoms with Crippen LogP contribution in [0.3, 0.4) is 0 Å². The quantitative estimate of drug-likeness (QED) is 0.880. The van der Waals surface area contributed by atoms with Gasteiger partial charge in [-0.05, 0) is 37.5 Å². The van der Waals surface area contributed by atoms with Crippen LogP contribution in [0.2, 0.25) is 0 Å². The van der Waals surface area contributed by atoms with Gasteiger partial charge in [0.05, 0.1) is 28.0 Å². The fourth-order valence-corrected chi connectivity index (χ4v) is 5.32. The Morgan fingerprint density at radius 2 is 1.90 bits per heavy atom. The average Bonchev–Trinajstić information content (AvgIpc) is 2.41. The largest absolute Gasteiger partial charge is 0.241 e. The monoisotopic (exact) mass is 328 g/mol. The summed E-state index contributed by atoms with van der Waals surface area (Å²) in [6, 6.07) is 5.99. The van der Waals surface area contributed by atoms with Crippen LogP contribution >= 0.6 is 0 Å². The second-order valence-electron chi connectivity index (χ2n) is 5.14. The van der Waals surface area contributed by atoms with Gasteiger partial charge >= 0.3 is 0 Å². The first-order chi connectivity index (χ1) is 9.73. The van der Waals surface area contributed by atoms with Crippen molar-refractivity contribution in [3.8, 4) is 6.07 Å². The van der Waals surface area contributed by atoms with Crippen molar-refractivity contribution in [1.82, 2.24) is 4.72 Å². The van der Waals surface area contributed by atoms with Crippen LogP contribution in [0.1, 0.15) is 24.0 Å². The van der Waals surface area contributed by atoms with Crippen molar-refractivity contribution in [3.63, 3.8) is 0 Å². The molecule has 1 fully saturated rings. The van der Waals surface area contributed by atoms with E-state index in [4.69, 9.17) is 5.26 Å². The van der Waals surface area contributed by atoms with Gasteiger partial charge < -0.3 is 0 Å². The minimum absolute atomic E-state index is 0.00258. The lowest BCUT2D eigenvalue weighted by atomic mass is 10.2. The summed E-state index contributed by atoms with van der Waals surface area (Å²) in [5.74, 6) is -0.00515. The standard InChI is InChI=1S/C13H16N2O4S2/c1-10-2-3-11(9-14)8-13(10)21(18,19)15-12-4-6-20(16,17)7-5-12/h2-3,8,12,15H,4-7H2,1H3. The maximum atomic E-state index is 12.4. The minimum Gasteiger partial charge on any atom is -0.229 e. The van der Waals surface area contributed by atoms with E-state index in [1.165, 1.54) is 6.07 Å². The second kappa shape index (κ2) is 5.75. The molecule has 114 valence electrons. The van der Waals surface area contributed by atoms with Crippen molar-refractivity contribution in [1.29, 1.82) is 5.26 Å². The summed E-state index contributed by atoms with van der Waals surface area (Å²) in [4.78, 5) is 0.0648. The number of nitriles is 1. The molecule has 0 unspecified atom stereocenters. The lowest BCUT2D eigenvalue weighted by molar-refractivity contribution is 0.505. The van der Waals surface area contributed by atoms with Crippen LogP contribution in [0.25, 0.3) is 0 Å². The molecule has 0 radical (unpaired) electrons. The Morgan fingerprint density at radius 3 is 2.48 bits per heavy atom. The Labute approximate surface area is 124 Å². The van der Waals surface area contributed by atoms with E-state index in [2.05, 4.69) is 4.72 Å². The lowest BCUT2D eigenvalue weighted by Gasteiger charge is -2.23. The van der Waals surface area contributed by atoms with Gasteiger partial charge in [-0.2, -0.15) is 5.26 Å². The highest BCUT2D eigenvalue weighted by atomic mass is 32.2. The first kappa shape index (κ1) is 15.9. The number of hydrogen-bond acceptors (Lipinski definition) is 5. The van der Waals surface area contributed by atoms with Crippen molar-refractivity contribution < 1.29 is 16.8 Å². The van der Waals surface area contributed by atoms with Crippen LogP contribution in [0.5, 0.6) is 0 Å². The molecule has 0 bridgehead atoms. The number of hydrogen-bond donors (Lipinski definition) is 1. The summed E-state index contributed by atoms with van der Waals surface area (Å²) in [5.41, 5.74) is 0.817. The van der Waals surface area contributed by atoms with Gasteiger partial charge in [0, 0.05) is 6.04 Å². The van der Waals surface area contributed by atoms with E-state index in [1.54, 1.807) is 19.1 Å². The molecule has 0 aromatic heterocycles. The molecule has 6 nitrogen and oxygen atoms in total. The molecule has 1 aliphatic rings. The molecule has 1 heterocycles. The Bertz CT molecular complexity index is 778. The highest BCUT2D eigenvalue weighted by molar-refractivity contribution is 7.91. The van der Waals surface area contributed by atoms with E-state index in [-0.39, 0.29) is 40.8 Å². The molecule has 0 atom stereocenters. The smallest absolute Gasteiger partial charge is 0.229 e. The highest BCUT2D eigenvalue weighted by Crippen LogP contribution is 2.20. The van der Waals surface area contributed by atoms with Gasteiger partial charge in [0.25, 0.3) is 0 Å². The van der Waals surface area contributed by atoms with Gasteiger partial charge in [0.1, 0.15) is 9.84 Å². The van der Waals surface area contributed by atoms with Crippen molar-refractivity contribution in [2.24, 2.45) is 0 Å². The highest BCUT2D eigenvalue weighted by Gasteiger charge is 2.28. The zero-order valence-corrected chi connectivity index (χ0v) is 13.2. The Morgan fingerprint density at radius 1 is 1.29 bits per heavy atom. The van der Waals surface area contributed by atoms with E-state index in [0.717, 1.165) is 0 Å². The lowest BCUT2D eigenvalue weighted by Crippen LogP contribution is -2.41. The van der Waals surface area contributed by atoms with Gasteiger partial charge in [-0.1, -0.05) is 6.07 Å². The molecule has 0 amide bonds. The molecule has 0 aliphatic carbocycles. The van der Waals surface area contributed by atoms with Gasteiger partial charge in [0.2, 0.25) is 10.0 Å². The van der Waals surface area contributed by atoms with Crippen molar-refractivity contribution in [3.05, 3.63) is 29.3 Å². The molecular formula is C13H16N2O4S2. The third-order valence-corrected chi connectivity index (χ3v) is 6.86. The van der Waals surface area contributed by atoms with E-state index in [0.29, 0.717) is 5.56 Å². The molecule has 21 heavy (non-hydrogen) atoms. The summed E-state index contributed by atoms with van der Waals surface area (Å²) in [5, 5.41) is 8.87. The molecule has 0 spiro atoms. The zero-order valence-electron chi connectivity index (χ0n) is 11.5. The maximum absolute atomic E-state index is 12.4. The molecule has 8 heteroatoms. The van der Waals surface area contributed by atoms with E-state index < -0.39 is 19.9 Å². The van der Waals surface area contributed by atoms with Crippen LogP contribution in [0.4, 0.5) is 0 Å². The normalized spacial score (nSPS) is 19.0. The van der Waals surface area contributed by atoms with Gasteiger partial charge in [-0.3, -0.25) is 0 Å². The van der Waals surface area contributed by atoms with Crippen molar-refractivity contribution in [2.75, 3.05) is 11.5 Å². The fraction of sp³-hybridized carbons (Fsp3) is 0.462. The van der Waals surface area contributed by atoms with Gasteiger partial charge in [-0.15, -0.1) is 0 Å². The Hall–Kier alpha value is -1.43. The topological polar surface area (TPSA) is 104 Å². The molecule has 2 rings (SSSR count). The van der Waals surface area contributed by atoms with Crippen molar-refractivity contribution in [2.45, 2.75) is 30.7 Å².